The zero-order chi connectivity index (χ0) is 15.5. The van der Waals surface area contributed by atoms with Gasteiger partial charge in [-0.1, -0.05) is 0 Å². The highest BCUT2D eigenvalue weighted by Gasteiger charge is 2.34. The monoisotopic (exact) mass is 294 g/mol. The predicted molar refractivity (Wildman–Crippen MR) is 81.9 cm³/mol. The molecule has 0 spiro atoms. The van der Waals surface area contributed by atoms with Gasteiger partial charge in [0.1, 0.15) is 5.82 Å². The molecule has 1 atom stereocenters. The Morgan fingerprint density at radius 3 is 2.95 bits per heavy atom. The summed E-state index contributed by atoms with van der Waals surface area (Å²) < 4.78 is 5.55. The van der Waals surface area contributed by atoms with Crippen LogP contribution < -0.4 is 10.2 Å². The number of pyridine rings is 1. The molecule has 7 heteroatoms. The number of nitrogens with one attached hydrogen (secondary N) is 1. The maximum atomic E-state index is 11.3. The topological polar surface area (TPSA) is 80.5 Å². The average molecular weight is 294 g/mol. The predicted octanol–water partition coefficient (Wildman–Crippen LogP) is 2.43. The van der Waals surface area contributed by atoms with Crippen LogP contribution in [0.15, 0.2) is 12.1 Å². The molecule has 1 N–H and O–H groups in total. The van der Waals surface area contributed by atoms with Crippen LogP contribution in [0.3, 0.4) is 0 Å². The summed E-state index contributed by atoms with van der Waals surface area (Å²) in [4.78, 5) is 17.2. The number of methoxy groups -OCH3 is 1. The molecule has 1 fully saturated rings. The van der Waals surface area contributed by atoms with Crippen LogP contribution in [0.4, 0.5) is 17.3 Å². The Labute approximate surface area is 124 Å². The van der Waals surface area contributed by atoms with Crippen LogP contribution in [0, 0.1) is 10.1 Å². The molecule has 1 aromatic heterocycles. The van der Waals surface area contributed by atoms with Gasteiger partial charge in [0.2, 0.25) is 5.82 Å². The second kappa shape index (κ2) is 6.26. The van der Waals surface area contributed by atoms with Gasteiger partial charge in [0, 0.05) is 32.8 Å². The fourth-order valence-corrected chi connectivity index (χ4v) is 2.65. The quantitative estimate of drug-likeness (QED) is 0.663. The minimum atomic E-state index is -0.378. The maximum absolute atomic E-state index is 11.3. The van der Waals surface area contributed by atoms with Crippen molar-refractivity contribution in [2.75, 3.05) is 37.0 Å². The molecule has 0 radical (unpaired) electrons. The highest BCUT2D eigenvalue weighted by atomic mass is 16.6. The van der Waals surface area contributed by atoms with E-state index >= 15 is 0 Å². The molecule has 0 saturated carbocycles. The molecular weight excluding hydrogens is 272 g/mol. The normalized spacial score (nSPS) is 22.1. The summed E-state index contributed by atoms with van der Waals surface area (Å²) in [5.41, 5.74) is -0.251. The second-order valence-electron chi connectivity index (χ2n) is 5.51. The number of hydrogen-bond acceptors (Lipinski definition) is 6. The summed E-state index contributed by atoms with van der Waals surface area (Å²) in [7, 11) is 1.68. The third kappa shape index (κ3) is 3.41. The van der Waals surface area contributed by atoms with Gasteiger partial charge in [-0.05, 0) is 32.8 Å². The van der Waals surface area contributed by atoms with Crippen LogP contribution in [-0.4, -0.2) is 42.3 Å². The van der Waals surface area contributed by atoms with E-state index in [1.165, 1.54) is 6.07 Å². The van der Waals surface area contributed by atoms with Crippen LogP contribution in [0.1, 0.15) is 26.7 Å². The lowest BCUT2D eigenvalue weighted by atomic mass is 9.94. The summed E-state index contributed by atoms with van der Waals surface area (Å²) >= 11 is 0. The molecular formula is C14H22N4O3. The molecule has 1 aliphatic heterocycles. The first-order chi connectivity index (χ1) is 9.99. The number of nitrogens with zero attached hydrogens (tertiary/aromatic N) is 3. The Balaban J connectivity index is 2.35. The first-order valence-electron chi connectivity index (χ1n) is 7.18. The summed E-state index contributed by atoms with van der Waals surface area (Å²) in [6.45, 7) is 6.07. The fourth-order valence-electron chi connectivity index (χ4n) is 2.65. The maximum Gasteiger partial charge on any atom is 0.311 e. The summed E-state index contributed by atoms with van der Waals surface area (Å²) in [5.74, 6) is 1.07. The molecule has 2 rings (SSSR count). The number of nitro groups is 1. The molecule has 1 saturated heterocycles. The molecule has 1 aromatic rings. The summed E-state index contributed by atoms with van der Waals surface area (Å²) in [6.07, 6.45) is 1.87. The Hall–Kier alpha value is -1.89. The standard InChI is InChI=1S/C14H22N4O3/c1-4-15-12-7-6-11(18(19)20)13(16-12)17-9-5-8-14(2,10-17)21-3/h6-7H,4-5,8-10H2,1-3H3,(H,15,16). The van der Waals surface area contributed by atoms with Gasteiger partial charge in [0.15, 0.2) is 0 Å². The number of piperidine rings is 1. The minimum absolute atomic E-state index is 0.0389. The van der Waals surface area contributed by atoms with Gasteiger partial charge >= 0.3 is 5.69 Å². The van der Waals surface area contributed by atoms with E-state index in [0.717, 1.165) is 25.9 Å². The first kappa shape index (κ1) is 15.5. The lowest BCUT2D eigenvalue weighted by molar-refractivity contribution is -0.384. The zero-order valence-electron chi connectivity index (χ0n) is 12.8. The van der Waals surface area contributed by atoms with Crippen molar-refractivity contribution in [1.29, 1.82) is 0 Å². The lowest BCUT2D eigenvalue weighted by Gasteiger charge is -2.39. The van der Waals surface area contributed by atoms with Gasteiger partial charge in [-0.25, -0.2) is 4.98 Å². The van der Waals surface area contributed by atoms with Crippen LogP contribution in [-0.2, 0) is 4.74 Å². The average Bonchev–Trinajstić information content (AvgIpc) is 2.47. The third-order valence-electron chi connectivity index (χ3n) is 3.86. The van der Waals surface area contributed by atoms with Crippen molar-refractivity contribution in [3.05, 3.63) is 22.2 Å². The Morgan fingerprint density at radius 1 is 1.57 bits per heavy atom. The Kier molecular flexibility index (Phi) is 4.62. The van der Waals surface area contributed by atoms with Gasteiger partial charge in [0.25, 0.3) is 0 Å². The van der Waals surface area contributed by atoms with Crippen molar-refractivity contribution >= 4 is 17.3 Å². The number of hydrogen-bond donors (Lipinski definition) is 1. The van der Waals surface area contributed by atoms with Gasteiger partial charge in [0.05, 0.1) is 10.5 Å². The molecule has 0 bridgehead atoms. The fraction of sp³-hybridized carbons (Fsp3) is 0.643. The van der Waals surface area contributed by atoms with Crippen LogP contribution in [0.25, 0.3) is 0 Å². The van der Waals surface area contributed by atoms with Crippen molar-refractivity contribution in [1.82, 2.24) is 4.98 Å². The van der Waals surface area contributed by atoms with E-state index in [1.54, 1.807) is 13.2 Å². The van der Waals surface area contributed by atoms with Crippen LogP contribution >= 0.6 is 0 Å². The van der Waals surface area contributed by atoms with Gasteiger partial charge < -0.3 is 15.0 Å². The molecule has 21 heavy (non-hydrogen) atoms. The first-order valence-corrected chi connectivity index (χ1v) is 7.18. The van der Waals surface area contributed by atoms with Gasteiger partial charge in [-0.15, -0.1) is 0 Å². The van der Waals surface area contributed by atoms with Crippen molar-refractivity contribution in [2.24, 2.45) is 0 Å². The number of aromatic nitrogens is 1. The lowest BCUT2D eigenvalue weighted by Crippen LogP contribution is -2.48. The highest BCUT2D eigenvalue weighted by Crippen LogP contribution is 2.33. The van der Waals surface area contributed by atoms with Gasteiger partial charge in [-0.3, -0.25) is 10.1 Å². The SMILES string of the molecule is CCNc1ccc([N+](=O)[O-])c(N2CCCC(C)(OC)C2)n1. The molecule has 1 aliphatic rings. The van der Waals surface area contributed by atoms with Crippen molar-refractivity contribution in [2.45, 2.75) is 32.3 Å². The smallest absolute Gasteiger partial charge is 0.311 e. The van der Waals surface area contributed by atoms with E-state index in [4.69, 9.17) is 4.74 Å². The Morgan fingerprint density at radius 2 is 2.33 bits per heavy atom. The van der Waals surface area contributed by atoms with E-state index in [0.29, 0.717) is 18.2 Å². The molecule has 0 amide bonds. The van der Waals surface area contributed by atoms with Crippen molar-refractivity contribution in [3.63, 3.8) is 0 Å². The van der Waals surface area contributed by atoms with E-state index in [-0.39, 0.29) is 16.2 Å². The van der Waals surface area contributed by atoms with E-state index in [9.17, 15) is 10.1 Å². The van der Waals surface area contributed by atoms with Gasteiger partial charge in [-0.2, -0.15) is 0 Å². The third-order valence-corrected chi connectivity index (χ3v) is 3.86. The van der Waals surface area contributed by atoms with Crippen LogP contribution in [0.2, 0.25) is 0 Å². The summed E-state index contributed by atoms with van der Waals surface area (Å²) in [6, 6.07) is 3.16. The number of rotatable bonds is 5. The van der Waals surface area contributed by atoms with Crippen LogP contribution in [0.5, 0.6) is 0 Å². The second-order valence-corrected chi connectivity index (χ2v) is 5.51. The zero-order valence-corrected chi connectivity index (χ0v) is 12.8. The molecule has 1 unspecified atom stereocenters. The van der Waals surface area contributed by atoms with E-state index in [1.807, 2.05) is 18.7 Å². The van der Waals surface area contributed by atoms with Crippen molar-refractivity contribution in [3.8, 4) is 0 Å². The molecule has 7 nitrogen and oxygen atoms in total. The highest BCUT2D eigenvalue weighted by molar-refractivity contribution is 5.62. The molecule has 2 heterocycles. The van der Waals surface area contributed by atoms with E-state index in [2.05, 4.69) is 10.3 Å². The van der Waals surface area contributed by atoms with E-state index < -0.39 is 0 Å². The molecule has 116 valence electrons. The Bertz CT molecular complexity index is 523. The minimum Gasteiger partial charge on any atom is -0.377 e. The largest absolute Gasteiger partial charge is 0.377 e. The number of ether oxygens (including phenoxy) is 1. The summed E-state index contributed by atoms with van der Waals surface area (Å²) in [5, 5.41) is 14.3. The van der Waals surface area contributed by atoms with Crippen molar-refractivity contribution < 1.29 is 9.66 Å². The molecule has 0 aromatic carbocycles. The number of anilines is 2. The molecule has 0 aliphatic carbocycles.